The summed E-state index contributed by atoms with van der Waals surface area (Å²) in [6.07, 6.45) is 0.587. The average Bonchev–Trinajstić information content (AvgIpc) is 3.20. The molecule has 1 amide bonds. The van der Waals surface area contributed by atoms with Gasteiger partial charge >= 0.3 is 0 Å². The third kappa shape index (κ3) is 4.60. The van der Waals surface area contributed by atoms with Crippen LogP contribution in [-0.2, 0) is 11.2 Å². The van der Waals surface area contributed by atoms with Crippen LogP contribution < -0.4 is 4.90 Å². The van der Waals surface area contributed by atoms with Gasteiger partial charge in [0.05, 0.1) is 16.8 Å². The third-order valence-electron chi connectivity index (χ3n) is 6.39. The number of rotatable bonds is 5. The number of halogens is 1. The Morgan fingerprint density at radius 3 is 2.31 bits per heavy atom. The zero-order valence-electron chi connectivity index (χ0n) is 20.3. The second kappa shape index (κ2) is 9.44. The Hall–Kier alpha value is -3.81. The fourth-order valence-electron chi connectivity index (χ4n) is 4.56. The highest BCUT2D eigenvalue weighted by Gasteiger charge is 2.27. The molecule has 1 fully saturated rings. The van der Waals surface area contributed by atoms with E-state index in [0.717, 1.165) is 28.1 Å². The van der Waals surface area contributed by atoms with Gasteiger partial charge < -0.3 is 9.80 Å². The van der Waals surface area contributed by atoms with Gasteiger partial charge in [-0.3, -0.25) is 4.79 Å². The second-order valence-electron chi connectivity index (χ2n) is 9.27. The van der Waals surface area contributed by atoms with Gasteiger partial charge in [-0.2, -0.15) is 5.10 Å². The number of hydrogen-bond donors (Lipinski definition) is 0. The Morgan fingerprint density at radius 1 is 0.971 bits per heavy atom. The smallest absolute Gasteiger partial charge is 0.225 e. The number of carbonyl (C=O) groups excluding carboxylic acids is 1. The standard InChI is InChI=1S/C27H29FN6O/c1-18(2)27(35)33-15-13-32(14-16-33)25-24-19(3)31-34(22-11-9-21(28)10-12-22)26(24)30-23(29-25)17-20-7-5-4-6-8-20/h4-12,18H,13-17H2,1-3H3. The molecular weight excluding hydrogens is 443 g/mol. The molecule has 2 aromatic carbocycles. The molecule has 35 heavy (non-hydrogen) atoms. The molecule has 2 aromatic heterocycles. The van der Waals surface area contributed by atoms with Crippen molar-refractivity contribution in [1.82, 2.24) is 24.6 Å². The average molecular weight is 473 g/mol. The molecule has 180 valence electrons. The summed E-state index contributed by atoms with van der Waals surface area (Å²) in [5.74, 6) is 1.41. The summed E-state index contributed by atoms with van der Waals surface area (Å²) in [5, 5.41) is 5.64. The molecule has 0 saturated carbocycles. The van der Waals surface area contributed by atoms with Crippen LogP contribution in [0.3, 0.4) is 0 Å². The van der Waals surface area contributed by atoms with Crippen LogP contribution in [0.25, 0.3) is 16.7 Å². The van der Waals surface area contributed by atoms with Crippen LogP contribution >= 0.6 is 0 Å². The molecule has 8 heteroatoms. The number of fused-ring (bicyclic) bond motifs is 1. The fraction of sp³-hybridized carbons (Fsp3) is 0.333. The lowest BCUT2D eigenvalue weighted by Gasteiger charge is -2.36. The van der Waals surface area contributed by atoms with Gasteiger partial charge in [0.1, 0.15) is 17.5 Å². The van der Waals surface area contributed by atoms with E-state index in [1.165, 1.54) is 12.1 Å². The molecule has 5 rings (SSSR count). The van der Waals surface area contributed by atoms with Crippen molar-refractivity contribution in [3.63, 3.8) is 0 Å². The molecule has 1 saturated heterocycles. The van der Waals surface area contributed by atoms with Crippen LogP contribution in [0.15, 0.2) is 54.6 Å². The minimum Gasteiger partial charge on any atom is -0.352 e. The summed E-state index contributed by atoms with van der Waals surface area (Å²) in [7, 11) is 0. The fourth-order valence-corrected chi connectivity index (χ4v) is 4.56. The Morgan fingerprint density at radius 2 is 1.66 bits per heavy atom. The maximum atomic E-state index is 13.6. The van der Waals surface area contributed by atoms with Crippen molar-refractivity contribution in [1.29, 1.82) is 0 Å². The first kappa shape index (κ1) is 23.0. The van der Waals surface area contributed by atoms with Crippen LogP contribution in [0.5, 0.6) is 0 Å². The molecule has 7 nitrogen and oxygen atoms in total. The predicted octanol–water partition coefficient (Wildman–Crippen LogP) is 4.16. The molecule has 1 aliphatic heterocycles. The third-order valence-corrected chi connectivity index (χ3v) is 6.39. The van der Waals surface area contributed by atoms with Crippen LogP contribution in [0.4, 0.5) is 10.2 Å². The van der Waals surface area contributed by atoms with E-state index < -0.39 is 0 Å². The molecule has 0 radical (unpaired) electrons. The van der Waals surface area contributed by atoms with Crippen LogP contribution in [0, 0.1) is 18.7 Å². The molecule has 0 spiro atoms. The Kier molecular flexibility index (Phi) is 6.19. The van der Waals surface area contributed by atoms with Crippen LogP contribution in [-0.4, -0.2) is 56.7 Å². The Labute approximate surface area is 204 Å². The molecule has 1 aliphatic rings. The quantitative estimate of drug-likeness (QED) is 0.436. The zero-order chi connectivity index (χ0) is 24.5. The second-order valence-corrected chi connectivity index (χ2v) is 9.27. The normalized spacial score (nSPS) is 14.2. The zero-order valence-corrected chi connectivity index (χ0v) is 20.3. The maximum absolute atomic E-state index is 13.6. The van der Waals surface area contributed by atoms with Crippen molar-refractivity contribution >= 4 is 22.8 Å². The first-order valence-electron chi connectivity index (χ1n) is 12.0. The van der Waals surface area contributed by atoms with Crippen molar-refractivity contribution in [3.05, 3.63) is 77.5 Å². The minimum atomic E-state index is -0.296. The Bertz CT molecular complexity index is 1340. The van der Waals surface area contributed by atoms with E-state index in [0.29, 0.717) is 44.1 Å². The molecular formula is C27H29FN6O. The molecule has 3 heterocycles. The molecule has 0 atom stereocenters. The Balaban J connectivity index is 1.58. The lowest BCUT2D eigenvalue weighted by atomic mass is 10.1. The number of benzene rings is 2. The number of piperazine rings is 1. The summed E-state index contributed by atoms with van der Waals surface area (Å²) >= 11 is 0. The van der Waals surface area contributed by atoms with Gasteiger partial charge in [-0.25, -0.2) is 19.0 Å². The van der Waals surface area contributed by atoms with E-state index in [1.807, 2.05) is 43.9 Å². The van der Waals surface area contributed by atoms with Gasteiger partial charge in [-0.15, -0.1) is 0 Å². The highest BCUT2D eigenvalue weighted by atomic mass is 19.1. The molecule has 0 bridgehead atoms. The first-order valence-corrected chi connectivity index (χ1v) is 12.0. The van der Waals surface area contributed by atoms with Gasteiger partial charge in [0.25, 0.3) is 0 Å². The van der Waals surface area contributed by atoms with E-state index in [4.69, 9.17) is 15.1 Å². The highest BCUT2D eigenvalue weighted by Crippen LogP contribution is 2.30. The first-order chi connectivity index (χ1) is 16.9. The van der Waals surface area contributed by atoms with E-state index in [9.17, 15) is 9.18 Å². The van der Waals surface area contributed by atoms with Crippen molar-refractivity contribution in [2.24, 2.45) is 5.92 Å². The van der Waals surface area contributed by atoms with Crippen molar-refractivity contribution in [3.8, 4) is 5.69 Å². The minimum absolute atomic E-state index is 0.0130. The van der Waals surface area contributed by atoms with Gasteiger partial charge in [-0.1, -0.05) is 44.2 Å². The van der Waals surface area contributed by atoms with Crippen LogP contribution in [0.2, 0.25) is 0 Å². The van der Waals surface area contributed by atoms with Crippen molar-refractivity contribution < 1.29 is 9.18 Å². The number of hydrogen-bond acceptors (Lipinski definition) is 5. The largest absolute Gasteiger partial charge is 0.352 e. The number of nitrogens with zero attached hydrogens (tertiary/aromatic N) is 6. The van der Waals surface area contributed by atoms with Crippen LogP contribution in [0.1, 0.15) is 30.9 Å². The number of carbonyl (C=O) groups is 1. The number of amides is 1. The maximum Gasteiger partial charge on any atom is 0.225 e. The SMILES string of the molecule is Cc1nn(-c2ccc(F)cc2)c2nc(Cc3ccccc3)nc(N3CCN(C(=O)C(C)C)CC3)c12. The summed E-state index contributed by atoms with van der Waals surface area (Å²) in [4.78, 5) is 26.6. The van der Waals surface area contributed by atoms with Gasteiger partial charge in [-0.05, 0) is 36.8 Å². The number of aromatic nitrogens is 4. The van der Waals surface area contributed by atoms with E-state index in [2.05, 4.69) is 17.0 Å². The van der Waals surface area contributed by atoms with E-state index in [1.54, 1.807) is 16.8 Å². The summed E-state index contributed by atoms with van der Waals surface area (Å²) in [6, 6.07) is 16.4. The van der Waals surface area contributed by atoms with E-state index in [-0.39, 0.29) is 17.6 Å². The monoisotopic (exact) mass is 472 g/mol. The number of anilines is 1. The summed E-state index contributed by atoms with van der Waals surface area (Å²) < 4.78 is 15.3. The summed E-state index contributed by atoms with van der Waals surface area (Å²) in [5.41, 5.74) is 3.37. The molecule has 4 aromatic rings. The topological polar surface area (TPSA) is 67.2 Å². The molecule has 0 aliphatic carbocycles. The lowest BCUT2D eigenvalue weighted by Crippen LogP contribution is -2.50. The summed E-state index contributed by atoms with van der Waals surface area (Å²) in [6.45, 7) is 8.51. The van der Waals surface area contributed by atoms with E-state index >= 15 is 0 Å². The highest BCUT2D eigenvalue weighted by molar-refractivity contribution is 5.91. The number of aryl methyl sites for hydroxylation is 1. The lowest BCUT2D eigenvalue weighted by molar-refractivity contribution is -0.134. The van der Waals surface area contributed by atoms with Gasteiger partial charge in [0.15, 0.2) is 5.65 Å². The molecule has 0 unspecified atom stereocenters. The van der Waals surface area contributed by atoms with Crippen molar-refractivity contribution in [2.75, 3.05) is 31.1 Å². The van der Waals surface area contributed by atoms with Gasteiger partial charge in [0, 0.05) is 38.5 Å². The predicted molar refractivity (Wildman–Crippen MR) is 134 cm³/mol. The van der Waals surface area contributed by atoms with Gasteiger partial charge in [0.2, 0.25) is 5.91 Å². The molecule has 0 N–H and O–H groups in total. The van der Waals surface area contributed by atoms with Crippen molar-refractivity contribution in [2.45, 2.75) is 27.2 Å².